The molecule has 0 saturated heterocycles. The van der Waals surface area contributed by atoms with Gasteiger partial charge in [0, 0.05) is 70.7 Å². The van der Waals surface area contributed by atoms with Crippen molar-refractivity contribution in [3.63, 3.8) is 0 Å². The summed E-state index contributed by atoms with van der Waals surface area (Å²) in [6.07, 6.45) is 10.7. The molecule has 0 spiro atoms. The quantitative estimate of drug-likeness (QED) is 0.0613. The van der Waals surface area contributed by atoms with E-state index in [2.05, 4.69) is 0 Å². The zero-order chi connectivity index (χ0) is 61.2. The van der Waals surface area contributed by atoms with Gasteiger partial charge in [-0.2, -0.15) is 0 Å². The minimum Gasteiger partial charge on any atom is -0.413 e. The summed E-state index contributed by atoms with van der Waals surface area (Å²) in [6, 6.07) is 45.1. The van der Waals surface area contributed by atoms with Crippen LogP contribution < -0.4 is 27.1 Å². The SMILES string of the molecule is CC(C)(C)N=Cc1ccccc1OP1(Oc2ccccc2C=NC(C)(C)C)=NP(Oc2ccccc2C=NC(C)(C)C)(Oc2ccccc2C=NC(C)(C)C)=NP(Oc2ccccc2C=NC(C)(C)C)(Oc2ccccc2C=NC(C)(C)C)=N1. The molecule has 0 aromatic heterocycles. The topological polar surface area (TPSA) is 167 Å². The Morgan fingerprint density at radius 1 is 0.238 bits per heavy atom. The first kappa shape index (κ1) is 64.4. The lowest BCUT2D eigenvalue weighted by Gasteiger charge is -2.34. The standard InChI is InChI=1S/C66H84N9O6P3/c1-61(2,3)67-43-49-31-19-25-37-55(49)76-82(77-56-38-26-20-32-50(56)44-68-62(4,5)6)73-83(78-57-39-27-21-33-51(57)45-69-63(7,8)9,79-58-40-28-22-34-52(58)46-70-64(10,11)12)75-84(74-82,80-59-41-29-23-35-53(59)47-71-65(13,14)15)81-60-42-30-24-36-54(60)48-72-66(16,17)18/h19-48H,1-18H3. The average Bonchev–Trinajstić information content (AvgIpc) is 0.812. The fourth-order valence-corrected chi connectivity index (χ4v) is 16.3. The number of para-hydroxylation sites is 6. The predicted octanol–water partition coefficient (Wildman–Crippen LogP) is 19.6. The highest BCUT2D eigenvalue weighted by molar-refractivity contribution is 7.79. The largest absolute Gasteiger partial charge is 0.460 e. The molecular formula is C66H84N9O6P3. The number of hydrogen-bond acceptors (Lipinski definition) is 15. The van der Waals surface area contributed by atoms with E-state index in [0.717, 1.165) is 0 Å². The van der Waals surface area contributed by atoms with E-state index in [0.29, 0.717) is 67.9 Å². The summed E-state index contributed by atoms with van der Waals surface area (Å²) in [4.78, 5) is 29.6. The number of rotatable bonds is 18. The summed E-state index contributed by atoms with van der Waals surface area (Å²) >= 11 is 0. The van der Waals surface area contributed by atoms with Crippen LogP contribution in [0, 0.1) is 0 Å². The van der Waals surface area contributed by atoms with Crippen molar-refractivity contribution >= 4 is 60.3 Å². The van der Waals surface area contributed by atoms with Gasteiger partial charge in [0.15, 0.2) is 0 Å². The summed E-state index contributed by atoms with van der Waals surface area (Å²) in [5, 5.41) is 0. The first-order valence-electron chi connectivity index (χ1n) is 28.1. The molecule has 444 valence electrons. The van der Waals surface area contributed by atoms with Gasteiger partial charge in [-0.3, -0.25) is 30.0 Å². The number of aliphatic imine (C=N–C) groups is 6. The minimum atomic E-state index is -4.54. The van der Waals surface area contributed by atoms with Gasteiger partial charge in [0.05, 0.1) is 33.2 Å². The Morgan fingerprint density at radius 2 is 0.369 bits per heavy atom. The zero-order valence-electron chi connectivity index (χ0n) is 52.1. The van der Waals surface area contributed by atoms with Crippen molar-refractivity contribution in [1.82, 2.24) is 0 Å². The monoisotopic (exact) mass is 1190 g/mol. The van der Waals surface area contributed by atoms with Gasteiger partial charge in [0.1, 0.15) is 34.5 Å². The highest BCUT2D eigenvalue weighted by Crippen LogP contribution is 2.79. The molecule has 0 bridgehead atoms. The molecule has 84 heavy (non-hydrogen) atoms. The van der Waals surface area contributed by atoms with E-state index in [4.69, 9.17) is 70.6 Å². The van der Waals surface area contributed by atoms with Gasteiger partial charge in [-0.05, 0) is 197 Å². The van der Waals surface area contributed by atoms with Crippen molar-refractivity contribution in [3.05, 3.63) is 179 Å². The zero-order valence-corrected chi connectivity index (χ0v) is 54.8. The first-order valence-corrected chi connectivity index (χ1v) is 32.7. The fourth-order valence-electron chi connectivity index (χ4n) is 7.13. The molecule has 7 rings (SSSR count). The normalized spacial score (nSPS) is 19.2. The van der Waals surface area contributed by atoms with Crippen molar-refractivity contribution < 1.29 is 27.1 Å². The molecule has 0 unspecified atom stereocenters. The molecule has 0 saturated carbocycles. The van der Waals surface area contributed by atoms with Crippen molar-refractivity contribution in [2.24, 2.45) is 43.5 Å². The van der Waals surface area contributed by atoms with E-state index in [1.165, 1.54) is 0 Å². The second-order valence-corrected chi connectivity index (χ2v) is 32.3. The molecular weight excluding hydrogens is 1110 g/mol. The van der Waals surface area contributed by atoms with E-state index in [1.54, 1.807) is 37.3 Å². The van der Waals surface area contributed by atoms with Crippen LogP contribution in [0.25, 0.3) is 0 Å². The molecule has 1 aliphatic rings. The van der Waals surface area contributed by atoms with Crippen molar-refractivity contribution in [2.45, 2.75) is 158 Å². The lowest BCUT2D eigenvalue weighted by atomic mass is 10.1. The van der Waals surface area contributed by atoms with Crippen LogP contribution in [0.5, 0.6) is 34.5 Å². The molecule has 15 nitrogen and oxygen atoms in total. The van der Waals surface area contributed by atoms with Crippen LogP contribution in [0.2, 0.25) is 0 Å². The molecule has 0 N–H and O–H groups in total. The minimum absolute atomic E-state index is 0.330. The van der Waals surface area contributed by atoms with Gasteiger partial charge in [-0.15, -0.1) is 0 Å². The molecule has 0 aliphatic carbocycles. The van der Waals surface area contributed by atoms with E-state index < -0.39 is 56.2 Å². The van der Waals surface area contributed by atoms with Crippen LogP contribution in [-0.2, 0) is 0 Å². The summed E-state index contributed by atoms with van der Waals surface area (Å²) in [6.45, 7) is 36.4. The second kappa shape index (κ2) is 26.0. The summed E-state index contributed by atoms with van der Waals surface area (Å²) in [5.74, 6) is 1.98. The van der Waals surface area contributed by atoms with Crippen molar-refractivity contribution in [3.8, 4) is 34.5 Å². The molecule has 18 heteroatoms. The average molecular weight is 1190 g/mol. The predicted molar refractivity (Wildman–Crippen MR) is 355 cm³/mol. The van der Waals surface area contributed by atoms with Gasteiger partial charge < -0.3 is 27.1 Å². The molecule has 0 atom stereocenters. The summed E-state index contributed by atoms with van der Waals surface area (Å²) in [5.41, 5.74) is 0.964. The Bertz CT molecular complexity index is 3040. The van der Waals surface area contributed by atoms with Crippen LogP contribution >= 0.6 is 23.0 Å². The maximum absolute atomic E-state index is 7.58. The molecule has 0 fully saturated rings. The Balaban J connectivity index is 1.76. The maximum Gasteiger partial charge on any atom is 0.460 e. The molecule has 6 aromatic carbocycles. The highest BCUT2D eigenvalue weighted by atomic mass is 31.3. The van der Waals surface area contributed by atoms with E-state index in [-0.39, 0.29) is 0 Å². The van der Waals surface area contributed by atoms with Crippen LogP contribution in [0.1, 0.15) is 158 Å². The van der Waals surface area contributed by atoms with Crippen LogP contribution in [0.4, 0.5) is 0 Å². The third-order valence-corrected chi connectivity index (χ3v) is 19.1. The molecule has 6 aromatic rings. The Morgan fingerprint density at radius 3 is 0.500 bits per heavy atom. The van der Waals surface area contributed by atoms with Gasteiger partial charge in [-0.25, -0.2) is 0 Å². The maximum atomic E-state index is 7.58. The van der Waals surface area contributed by atoms with E-state index in [9.17, 15) is 0 Å². The van der Waals surface area contributed by atoms with Crippen LogP contribution in [-0.4, -0.2) is 70.5 Å². The Labute approximate surface area is 499 Å². The summed E-state index contributed by atoms with van der Waals surface area (Å²) < 4.78 is 62.7. The fraction of sp³-hybridized carbons (Fsp3) is 0.364. The highest BCUT2D eigenvalue weighted by Gasteiger charge is 2.50. The van der Waals surface area contributed by atoms with E-state index >= 15 is 0 Å². The smallest absolute Gasteiger partial charge is 0.413 e. The summed E-state index contributed by atoms with van der Waals surface area (Å²) in [7, 11) is -13.6. The molecule has 0 radical (unpaired) electrons. The van der Waals surface area contributed by atoms with Gasteiger partial charge in [-0.1, -0.05) is 86.3 Å². The number of hydrogen-bond donors (Lipinski definition) is 0. The lowest BCUT2D eigenvalue weighted by molar-refractivity contribution is 0.442. The van der Waals surface area contributed by atoms with E-state index in [1.807, 2.05) is 270 Å². The van der Waals surface area contributed by atoms with Gasteiger partial charge >= 0.3 is 23.0 Å². The third kappa shape index (κ3) is 20.0. The van der Waals surface area contributed by atoms with Gasteiger partial charge in [0.2, 0.25) is 0 Å². The lowest BCUT2D eigenvalue weighted by Crippen LogP contribution is -2.14. The number of nitrogens with zero attached hydrogens (tertiary/aromatic N) is 9. The van der Waals surface area contributed by atoms with Gasteiger partial charge in [0.25, 0.3) is 0 Å². The van der Waals surface area contributed by atoms with Crippen LogP contribution in [0.15, 0.2) is 189 Å². The molecule has 1 aliphatic heterocycles. The third-order valence-electron chi connectivity index (χ3n) is 11.0. The van der Waals surface area contributed by atoms with Crippen molar-refractivity contribution in [2.75, 3.05) is 0 Å². The molecule has 0 amide bonds. The first-order chi connectivity index (χ1) is 39.2. The molecule has 1 heterocycles. The van der Waals surface area contributed by atoms with Crippen molar-refractivity contribution in [1.29, 1.82) is 0 Å². The Hall–Kier alpha value is -7.17. The number of benzene rings is 6. The Kier molecular flexibility index (Phi) is 19.9. The van der Waals surface area contributed by atoms with Crippen LogP contribution in [0.3, 0.4) is 0 Å². The second-order valence-electron chi connectivity index (χ2n) is 26.1.